The van der Waals surface area contributed by atoms with E-state index >= 15 is 0 Å². The van der Waals surface area contributed by atoms with E-state index in [1.165, 1.54) is 0 Å². The maximum absolute atomic E-state index is 13.9. The first-order valence-corrected chi connectivity index (χ1v) is 12.9. The maximum Gasteiger partial charge on any atom is 0.277 e. The molecule has 9 nitrogen and oxygen atoms in total. The van der Waals surface area contributed by atoms with Gasteiger partial charge in [0.15, 0.2) is 11.6 Å². The van der Waals surface area contributed by atoms with E-state index in [1.54, 1.807) is 17.7 Å². The predicted molar refractivity (Wildman–Crippen MR) is 146 cm³/mol. The number of carbonyl (C=O) groups is 2. The molecule has 0 bridgehead atoms. The third-order valence-corrected chi connectivity index (χ3v) is 7.44. The van der Waals surface area contributed by atoms with E-state index < -0.39 is 0 Å². The number of hydrogen-bond donors (Lipinski definition) is 1. The number of nitrogens with zero attached hydrogens (tertiary/aromatic N) is 5. The standard InChI is InChI=1S/C29H28N6O3/c1-2-3-14-35-27-21(32-29(35)34-13-6-7-18(30)16-34)12-15-33(28(27)38)17-22-19-8-4-5-9-20(19)25-23(36)10-11-24(37)26(25)31-22/h4-5,8-9,12,15,18H,6-7,10-11,13-14,16-17,30H2,1H3. The zero-order valence-corrected chi connectivity index (χ0v) is 21.2. The van der Waals surface area contributed by atoms with E-state index in [0.717, 1.165) is 24.8 Å². The molecule has 0 spiro atoms. The summed E-state index contributed by atoms with van der Waals surface area (Å²) in [6.07, 6.45) is 3.99. The Morgan fingerprint density at radius 2 is 1.84 bits per heavy atom. The Balaban J connectivity index is 1.49. The van der Waals surface area contributed by atoms with E-state index in [1.807, 2.05) is 34.9 Å². The molecule has 4 heterocycles. The van der Waals surface area contributed by atoms with Gasteiger partial charge in [-0.1, -0.05) is 30.2 Å². The van der Waals surface area contributed by atoms with E-state index in [4.69, 9.17) is 10.7 Å². The fourth-order valence-electron chi connectivity index (χ4n) is 5.60. The number of Topliss-reactive ketones (excluding diaryl/α,β-unsaturated/α-hetero) is 2. The summed E-state index contributed by atoms with van der Waals surface area (Å²) < 4.78 is 3.46. The molecule has 1 atom stereocenters. The third-order valence-electron chi connectivity index (χ3n) is 7.44. The zero-order valence-electron chi connectivity index (χ0n) is 21.2. The van der Waals surface area contributed by atoms with E-state index in [2.05, 4.69) is 21.7 Å². The Bertz CT molecular complexity index is 1740. The van der Waals surface area contributed by atoms with Crippen LogP contribution in [0.3, 0.4) is 0 Å². The van der Waals surface area contributed by atoms with Crippen molar-refractivity contribution in [3.8, 4) is 11.8 Å². The summed E-state index contributed by atoms with van der Waals surface area (Å²) in [5, 5.41) is 1.46. The minimum atomic E-state index is -0.216. The molecule has 38 heavy (non-hydrogen) atoms. The van der Waals surface area contributed by atoms with Crippen LogP contribution in [0.5, 0.6) is 0 Å². The van der Waals surface area contributed by atoms with Crippen LogP contribution in [0.15, 0.2) is 41.3 Å². The van der Waals surface area contributed by atoms with E-state index in [-0.39, 0.29) is 48.2 Å². The number of nitrogens with two attached hydrogens (primary N) is 1. The van der Waals surface area contributed by atoms with Crippen molar-refractivity contribution in [1.82, 2.24) is 19.1 Å². The highest BCUT2D eigenvalue weighted by atomic mass is 16.1. The van der Waals surface area contributed by atoms with Crippen LogP contribution in [0.25, 0.3) is 21.8 Å². The highest BCUT2D eigenvalue weighted by molar-refractivity contribution is 6.19. The summed E-state index contributed by atoms with van der Waals surface area (Å²) in [6, 6.07) is 9.33. The molecule has 0 saturated carbocycles. The highest BCUT2D eigenvalue weighted by Crippen LogP contribution is 2.30. The number of piperidine rings is 1. The Hall–Kier alpha value is -4.29. The average Bonchev–Trinajstić information content (AvgIpc) is 3.30. The van der Waals surface area contributed by atoms with Gasteiger partial charge < -0.3 is 15.2 Å². The monoisotopic (exact) mass is 508 g/mol. The van der Waals surface area contributed by atoms with Crippen molar-refractivity contribution >= 4 is 39.3 Å². The van der Waals surface area contributed by atoms with Crippen molar-refractivity contribution in [2.75, 3.05) is 18.0 Å². The van der Waals surface area contributed by atoms with Crippen molar-refractivity contribution in [3.63, 3.8) is 0 Å². The van der Waals surface area contributed by atoms with Gasteiger partial charge in [0.25, 0.3) is 5.56 Å². The van der Waals surface area contributed by atoms with Crippen LogP contribution in [0.4, 0.5) is 5.95 Å². The number of pyridine rings is 2. The second-order valence-corrected chi connectivity index (χ2v) is 9.93. The summed E-state index contributed by atoms with van der Waals surface area (Å²) in [7, 11) is 0. The molecule has 0 amide bonds. The van der Waals surface area contributed by atoms with Crippen molar-refractivity contribution in [1.29, 1.82) is 0 Å². The summed E-state index contributed by atoms with van der Waals surface area (Å²) in [4.78, 5) is 50.9. The number of carbonyl (C=O) groups excluding carboxylic acids is 2. The van der Waals surface area contributed by atoms with Crippen LogP contribution in [0, 0.1) is 11.8 Å². The van der Waals surface area contributed by atoms with Crippen LogP contribution < -0.4 is 16.2 Å². The number of imidazole rings is 1. The van der Waals surface area contributed by atoms with Gasteiger partial charge in [0, 0.05) is 43.6 Å². The molecular formula is C29H28N6O3. The lowest BCUT2D eigenvalue weighted by atomic mass is 9.89. The molecular weight excluding hydrogens is 480 g/mol. The van der Waals surface area contributed by atoms with Gasteiger partial charge in [-0.15, -0.1) is 5.92 Å². The lowest BCUT2D eigenvalue weighted by Crippen LogP contribution is -2.44. The van der Waals surface area contributed by atoms with Gasteiger partial charge in [0.05, 0.1) is 29.9 Å². The first-order valence-electron chi connectivity index (χ1n) is 12.9. The summed E-state index contributed by atoms with van der Waals surface area (Å²) >= 11 is 0. The SMILES string of the molecule is CC#CCn1c(N2CCCC(N)C2)nc2ccn(Cc3nc4c(c5ccccc35)C(=O)CCC4=O)c(=O)c21. The number of ketones is 2. The van der Waals surface area contributed by atoms with Crippen LogP contribution in [-0.2, 0) is 13.1 Å². The summed E-state index contributed by atoms with van der Waals surface area (Å²) in [6.45, 7) is 3.76. The largest absolute Gasteiger partial charge is 0.341 e. The van der Waals surface area contributed by atoms with E-state index in [9.17, 15) is 14.4 Å². The van der Waals surface area contributed by atoms with Gasteiger partial charge in [0.1, 0.15) is 11.2 Å². The first kappa shape index (κ1) is 24.1. The molecule has 1 aliphatic carbocycles. The Kier molecular flexibility index (Phi) is 6.04. The summed E-state index contributed by atoms with van der Waals surface area (Å²) in [5.74, 6) is 6.49. The van der Waals surface area contributed by atoms with Gasteiger partial charge in [-0.25, -0.2) is 9.97 Å². The van der Waals surface area contributed by atoms with Crippen molar-refractivity contribution < 1.29 is 9.59 Å². The Morgan fingerprint density at radius 1 is 1.05 bits per heavy atom. The maximum atomic E-state index is 13.9. The zero-order chi connectivity index (χ0) is 26.4. The normalized spacial score (nSPS) is 17.5. The molecule has 1 aliphatic heterocycles. The second kappa shape index (κ2) is 9.54. The second-order valence-electron chi connectivity index (χ2n) is 9.93. The van der Waals surface area contributed by atoms with Crippen LogP contribution in [-0.4, -0.2) is 49.8 Å². The molecule has 3 aromatic heterocycles. The Labute approximate surface area is 219 Å². The number of anilines is 1. The van der Waals surface area contributed by atoms with Crippen LogP contribution in [0.1, 0.15) is 59.1 Å². The smallest absolute Gasteiger partial charge is 0.277 e. The molecule has 1 saturated heterocycles. The number of hydrogen-bond acceptors (Lipinski definition) is 7. The molecule has 2 N–H and O–H groups in total. The number of benzene rings is 1. The topological polar surface area (TPSA) is 116 Å². The molecule has 2 aliphatic rings. The van der Waals surface area contributed by atoms with Crippen LogP contribution in [0.2, 0.25) is 0 Å². The van der Waals surface area contributed by atoms with Crippen LogP contribution >= 0.6 is 0 Å². The minimum absolute atomic E-state index is 0.0592. The first-order chi connectivity index (χ1) is 18.5. The molecule has 1 aromatic carbocycles. The lowest BCUT2D eigenvalue weighted by molar-refractivity contribution is 0.0887. The average molecular weight is 509 g/mol. The number of aromatic nitrogens is 4. The molecule has 4 aromatic rings. The lowest BCUT2D eigenvalue weighted by Gasteiger charge is -2.31. The number of rotatable bonds is 4. The third kappa shape index (κ3) is 3.98. The number of fused-ring (bicyclic) bond motifs is 4. The van der Waals surface area contributed by atoms with E-state index in [0.29, 0.717) is 46.7 Å². The quantitative estimate of drug-likeness (QED) is 0.421. The Morgan fingerprint density at radius 3 is 2.63 bits per heavy atom. The van der Waals surface area contributed by atoms with Gasteiger partial charge in [-0.05, 0) is 31.2 Å². The van der Waals surface area contributed by atoms with Crippen molar-refractivity contribution in [3.05, 3.63) is 63.8 Å². The van der Waals surface area contributed by atoms with Crippen molar-refractivity contribution in [2.24, 2.45) is 5.73 Å². The fraction of sp³-hybridized carbons (Fsp3) is 0.345. The summed E-state index contributed by atoms with van der Waals surface area (Å²) in [5.41, 5.74) is 8.26. The van der Waals surface area contributed by atoms with Gasteiger partial charge in [0.2, 0.25) is 5.95 Å². The van der Waals surface area contributed by atoms with Crippen molar-refractivity contribution in [2.45, 2.75) is 51.7 Å². The van der Waals surface area contributed by atoms with Gasteiger partial charge >= 0.3 is 0 Å². The minimum Gasteiger partial charge on any atom is -0.341 e. The molecule has 192 valence electrons. The molecule has 1 fully saturated rings. The highest BCUT2D eigenvalue weighted by Gasteiger charge is 2.29. The molecule has 1 unspecified atom stereocenters. The molecule has 6 rings (SSSR count). The molecule has 9 heteroatoms. The van der Waals surface area contributed by atoms with Gasteiger partial charge in [-0.3, -0.25) is 19.0 Å². The predicted octanol–water partition coefficient (Wildman–Crippen LogP) is 2.90. The molecule has 0 radical (unpaired) electrons. The van der Waals surface area contributed by atoms with Gasteiger partial charge in [-0.2, -0.15) is 0 Å². The fourth-order valence-corrected chi connectivity index (χ4v) is 5.60.